The lowest BCUT2D eigenvalue weighted by Crippen LogP contribution is -2.66. The van der Waals surface area contributed by atoms with Crippen LogP contribution in [0.5, 0.6) is 0 Å². The van der Waals surface area contributed by atoms with Gasteiger partial charge >= 0.3 is 6.18 Å². The van der Waals surface area contributed by atoms with Crippen molar-refractivity contribution < 1.29 is 22.7 Å². The Morgan fingerprint density at radius 2 is 1.20 bits per heavy atom. The Labute approximate surface area is 239 Å². The Morgan fingerprint density at radius 3 is 1.62 bits per heavy atom. The molecule has 1 unspecified atom stereocenters. The number of aliphatic hydroxyl groups is 1. The van der Waals surface area contributed by atoms with Gasteiger partial charge in [-0.25, -0.2) is 0 Å². The fraction of sp³-hybridized carbons (Fsp3) is 0.394. The summed E-state index contributed by atoms with van der Waals surface area (Å²) in [6.45, 7) is 13.3. The van der Waals surface area contributed by atoms with Crippen LogP contribution in [0.2, 0.25) is 24.7 Å². The normalized spacial score (nSPS) is 14.2. The van der Waals surface area contributed by atoms with Gasteiger partial charge in [0.1, 0.15) is 0 Å². The first kappa shape index (κ1) is 31.9. The van der Waals surface area contributed by atoms with Crippen molar-refractivity contribution in [1.29, 1.82) is 0 Å². The molecule has 0 aliphatic carbocycles. The molecule has 0 bridgehead atoms. The largest absolute Gasteiger partial charge is 0.416 e. The molecule has 0 amide bonds. The summed E-state index contributed by atoms with van der Waals surface area (Å²) in [7, 11) is -4.86. The van der Waals surface area contributed by atoms with Crippen molar-refractivity contribution in [2.24, 2.45) is 0 Å². The van der Waals surface area contributed by atoms with Gasteiger partial charge in [-0.2, -0.15) is 13.2 Å². The second-order valence-corrected chi connectivity index (χ2v) is 22.0. The topological polar surface area (TPSA) is 29.5 Å². The SMILES string of the molecule is CC(C)(C)[Si](OCCCC#CCC(O)(c1ccc(C(F)(F)F)cc1)[Si](C)(C)C)(c1ccccc1)c1ccccc1. The van der Waals surface area contributed by atoms with Crippen LogP contribution in [0.15, 0.2) is 84.9 Å². The van der Waals surface area contributed by atoms with E-state index < -0.39 is 33.4 Å². The molecule has 0 aliphatic rings. The molecule has 214 valence electrons. The molecule has 0 aliphatic heterocycles. The van der Waals surface area contributed by atoms with Gasteiger partial charge in [0.15, 0.2) is 0 Å². The van der Waals surface area contributed by atoms with Crippen molar-refractivity contribution in [2.45, 2.75) is 76.1 Å². The number of alkyl halides is 3. The number of hydrogen-bond donors (Lipinski definition) is 1. The third-order valence-corrected chi connectivity index (χ3v) is 15.6. The Kier molecular flexibility index (Phi) is 9.95. The Hall–Kier alpha value is -2.64. The molecule has 0 aromatic heterocycles. The fourth-order valence-corrected chi connectivity index (χ4v) is 11.4. The third kappa shape index (κ3) is 6.98. The third-order valence-electron chi connectivity index (χ3n) is 7.58. The molecule has 7 heteroatoms. The highest BCUT2D eigenvalue weighted by atomic mass is 28.4. The molecule has 1 atom stereocenters. The summed E-state index contributed by atoms with van der Waals surface area (Å²) in [6, 6.07) is 25.8. The van der Waals surface area contributed by atoms with Crippen molar-refractivity contribution in [3.05, 3.63) is 96.1 Å². The quantitative estimate of drug-likeness (QED) is 0.161. The molecule has 40 heavy (non-hydrogen) atoms. The van der Waals surface area contributed by atoms with Crippen LogP contribution < -0.4 is 10.4 Å². The van der Waals surface area contributed by atoms with Crippen LogP contribution in [-0.2, 0) is 15.8 Å². The highest BCUT2D eigenvalue weighted by Crippen LogP contribution is 2.38. The summed E-state index contributed by atoms with van der Waals surface area (Å²) in [4.78, 5) is 0. The highest BCUT2D eigenvalue weighted by Gasteiger charge is 2.50. The van der Waals surface area contributed by atoms with Gasteiger partial charge < -0.3 is 9.53 Å². The van der Waals surface area contributed by atoms with E-state index in [-0.39, 0.29) is 11.5 Å². The molecule has 0 spiro atoms. The van der Waals surface area contributed by atoms with E-state index in [2.05, 4.69) is 81.1 Å². The first-order valence-corrected chi connectivity index (χ1v) is 19.1. The monoisotopic (exact) mass is 582 g/mol. The number of halogens is 3. The molecule has 0 radical (unpaired) electrons. The second-order valence-electron chi connectivity index (χ2n) is 12.3. The Morgan fingerprint density at radius 1 is 0.725 bits per heavy atom. The first-order chi connectivity index (χ1) is 18.6. The number of rotatable bonds is 9. The van der Waals surface area contributed by atoms with Gasteiger partial charge in [0.25, 0.3) is 8.32 Å². The smallest absolute Gasteiger partial charge is 0.407 e. The van der Waals surface area contributed by atoms with E-state index in [9.17, 15) is 18.3 Å². The minimum atomic E-state index is -4.41. The van der Waals surface area contributed by atoms with E-state index in [0.29, 0.717) is 18.6 Å². The standard InChI is InChI=1S/C33H41F3O2Si2/c1-31(2,3)40(29-17-11-9-12-18-29,30-19-13-10-14-20-30)38-26-16-8-7-15-25-32(37,39(4,5)6)27-21-23-28(24-22-27)33(34,35)36/h9-14,17-24,37H,8,16,25-26H2,1-6H3. The van der Waals surface area contributed by atoms with Gasteiger partial charge in [-0.1, -0.05) is 113 Å². The van der Waals surface area contributed by atoms with Crippen LogP contribution in [0.4, 0.5) is 13.2 Å². The average Bonchev–Trinajstić information content (AvgIpc) is 2.89. The molecule has 3 aromatic rings. The van der Waals surface area contributed by atoms with Gasteiger partial charge in [0.05, 0.1) is 18.9 Å². The van der Waals surface area contributed by atoms with Crippen LogP contribution in [0.25, 0.3) is 0 Å². The fourth-order valence-electron chi connectivity index (χ4n) is 5.16. The van der Waals surface area contributed by atoms with Gasteiger partial charge in [0.2, 0.25) is 0 Å². The summed E-state index contributed by atoms with van der Waals surface area (Å²) in [5, 5.41) is 12.7. The van der Waals surface area contributed by atoms with E-state index in [1.807, 2.05) is 31.8 Å². The molecule has 0 heterocycles. The van der Waals surface area contributed by atoms with E-state index in [0.717, 1.165) is 18.6 Å². The van der Waals surface area contributed by atoms with Crippen LogP contribution in [0.3, 0.4) is 0 Å². The highest BCUT2D eigenvalue weighted by molar-refractivity contribution is 6.99. The molecule has 3 rings (SSSR count). The number of benzene rings is 3. The lowest BCUT2D eigenvalue weighted by atomic mass is 10.0. The van der Waals surface area contributed by atoms with Gasteiger partial charge in [-0.05, 0) is 39.5 Å². The Balaban J connectivity index is 1.74. The maximum atomic E-state index is 13.0. The Bertz CT molecular complexity index is 1240. The summed E-state index contributed by atoms with van der Waals surface area (Å²) >= 11 is 0. The summed E-state index contributed by atoms with van der Waals surface area (Å²) < 4.78 is 46.1. The number of hydrogen-bond acceptors (Lipinski definition) is 2. The molecule has 2 nitrogen and oxygen atoms in total. The lowest BCUT2D eigenvalue weighted by Gasteiger charge is -2.43. The summed E-state index contributed by atoms with van der Waals surface area (Å²) in [5.74, 6) is 6.33. The number of unbranched alkanes of at least 4 members (excludes halogenated alkanes) is 1. The zero-order chi connectivity index (χ0) is 29.7. The van der Waals surface area contributed by atoms with E-state index in [1.54, 1.807) is 0 Å². The van der Waals surface area contributed by atoms with Gasteiger partial charge in [-0.3, -0.25) is 0 Å². The molecular formula is C33H41F3O2Si2. The molecule has 0 saturated heterocycles. The molecule has 1 N–H and O–H groups in total. The van der Waals surface area contributed by atoms with Gasteiger partial charge in [0, 0.05) is 19.4 Å². The summed E-state index contributed by atoms with van der Waals surface area (Å²) in [5.41, 5.74) is -0.231. The van der Waals surface area contributed by atoms with Gasteiger partial charge in [-0.15, -0.1) is 11.8 Å². The maximum absolute atomic E-state index is 13.0. The zero-order valence-electron chi connectivity index (χ0n) is 24.4. The van der Waals surface area contributed by atoms with E-state index in [4.69, 9.17) is 4.43 Å². The predicted molar refractivity (Wildman–Crippen MR) is 164 cm³/mol. The van der Waals surface area contributed by atoms with Crippen molar-refractivity contribution in [1.82, 2.24) is 0 Å². The zero-order valence-corrected chi connectivity index (χ0v) is 26.4. The second kappa shape index (κ2) is 12.5. The van der Waals surface area contributed by atoms with E-state index in [1.165, 1.54) is 22.5 Å². The maximum Gasteiger partial charge on any atom is 0.416 e. The minimum absolute atomic E-state index is 0.100. The minimum Gasteiger partial charge on any atom is -0.407 e. The van der Waals surface area contributed by atoms with Crippen molar-refractivity contribution >= 4 is 26.8 Å². The molecule has 3 aromatic carbocycles. The lowest BCUT2D eigenvalue weighted by molar-refractivity contribution is -0.137. The van der Waals surface area contributed by atoms with Crippen molar-refractivity contribution in [3.8, 4) is 11.8 Å². The average molecular weight is 583 g/mol. The predicted octanol–water partition coefficient (Wildman–Crippen LogP) is 7.52. The first-order valence-electron chi connectivity index (χ1n) is 13.7. The van der Waals surface area contributed by atoms with Crippen molar-refractivity contribution in [3.63, 3.8) is 0 Å². The molecular weight excluding hydrogens is 542 g/mol. The molecule has 0 saturated carbocycles. The van der Waals surface area contributed by atoms with Crippen LogP contribution in [0.1, 0.15) is 51.2 Å². The van der Waals surface area contributed by atoms with E-state index >= 15 is 0 Å². The van der Waals surface area contributed by atoms with Crippen molar-refractivity contribution in [2.75, 3.05) is 6.61 Å². The molecule has 0 fully saturated rings. The summed E-state index contributed by atoms with van der Waals surface area (Å²) in [6.07, 6.45) is -2.88. The van der Waals surface area contributed by atoms with Crippen LogP contribution in [0, 0.1) is 11.8 Å². The van der Waals surface area contributed by atoms with Crippen LogP contribution >= 0.6 is 0 Å². The van der Waals surface area contributed by atoms with Crippen LogP contribution in [-0.4, -0.2) is 28.1 Å².